The molecule has 0 unspecified atom stereocenters. The van der Waals surface area contributed by atoms with Gasteiger partial charge in [-0.05, 0) is 68.6 Å². The van der Waals surface area contributed by atoms with Gasteiger partial charge < -0.3 is 5.11 Å². The van der Waals surface area contributed by atoms with Crippen LogP contribution in [0, 0.1) is 6.92 Å². The lowest BCUT2D eigenvalue weighted by Gasteiger charge is -2.40. The predicted molar refractivity (Wildman–Crippen MR) is 78.1 cm³/mol. The molecule has 3 nitrogen and oxygen atoms in total. The summed E-state index contributed by atoms with van der Waals surface area (Å²) in [6.45, 7) is 2.02. The van der Waals surface area contributed by atoms with Crippen molar-refractivity contribution in [2.45, 2.75) is 57.4 Å². The van der Waals surface area contributed by atoms with Gasteiger partial charge in [0.1, 0.15) is 11.3 Å². The molecule has 2 aliphatic rings. The molecule has 1 aromatic carbocycles. The average molecular weight is 292 g/mol. The first-order chi connectivity index (χ1) is 9.60. The zero-order chi connectivity index (χ0) is 14.3. The Hall–Kier alpha value is -1.31. The number of fused-ring (bicyclic) bond motifs is 1. The molecule has 0 amide bonds. The second kappa shape index (κ2) is 4.91. The molecular formula is C16H18ClNO2. The van der Waals surface area contributed by atoms with Crippen molar-refractivity contribution in [2.75, 3.05) is 0 Å². The number of rotatable bonds is 2. The third-order valence-corrected chi connectivity index (χ3v) is 5.32. The molecule has 1 fully saturated rings. The number of aromatic hydroxyl groups is 1. The van der Waals surface area contributed by atoms with Gasteiger partial charge in [-0.15, -0.1) is 0 Å². The molecule has 0 heterocycles. The van der Waals surface area contributed by atoms with Crippen LogP contribution in [0.4, 0.5) is 0 Å². The first kappa shape index (κ1) is 13.7. The van der Waals surface area contributed by atoms with Crippen LogP contribution in [0.15, 0.2) is 4.99 Å². The second-order valence-electron chi connectivity index (χ2n) is 5.92. The van der Waals surface area contributed by atoms with Crippen LogP contribution in [0.3, 0.4) is 0 Å². The zero-order valence-electron chi connectivity index (χ0n) is 11.6. The van der Waals surface area contributed by atoms with E-state index in [0.717, 1.165) is 61.6 Å². The lowest BCUT2D eigenvalue weighted by molar-refractivity contribution is 0.246. The molecule has 0 aliphatic heterocycles. The van der Waals surface area contributed by atoms with Gasteiger partial charge in [0, 0.05) is 5.56 Å². The minimum absolute atomic E-state index is 0.128. The SMILES string of the molecule is Cc1c2c(c(Cl)c(O)c1C1(N=C=O)CCC1)CCCC2. The lowest BCUT2D eigenvalue weighted by Crippen LogP contribution is -2.33. The van der Waals surface area contributed by atoms with Gasteiger partial charge >= 0.3 is 0 Å². The largest absolute Gasteiger partial charge is 0.506 e. The molecule has 106 valence electrons. The molecule has 0 saturated heterocycles. The fraction of sp³-hybridized carbons (Fsp3) is 0.562. The molecule has 0 radical (unpaired) electrons. The maximum Gasteiger partial charge on any atom is 0.235 e. The van der Waals surface area contributed by atoms with Crippen molar-refractivity contribution in [3.8, 4) is 5.75 Å². The number of hydrogen-bond acceptors (Lipinski definition) is 3. The number of phenols is 1. The van der Waals surface area contributed by atoms with Crippen LogP contribution >= 0.6 is 11.6 Å². The van der Waals surface area contributed by atoms with E-state index in [1.165, 1.54) is 5.56 Å². The molecule has 1 saturated carbocycles. The van der Waals surface area contributed by atoms with E-state index in [9.17, 15) is 9.90 Å². The Labute approximate surface area is 123 Å². The predicted octanol–water partition coefficient (Wildman–Crippen LogP) is 3.95. The number of benzene rings is 1. The smallest absolute Gasteiger partial charge is 0.235 e. The Morgan fingerprint density at radius 3 is 2.40 bits per heavy atom. The Balaban J connectivity index is 2.26. The van der Waals surface area contributed by atoms with Crippen molar-refractivity contribution in [1.29, 1.82) is 0 Å². The van der Waals surface area contributed by atoms with E-state index in [4.69, 9.17) is 11.6 Å². The van der Waals surface area contributed by atoms with Crippen molar-refractivity contribution in [2.24, 2.45) is 4.99 Å². The normalized spacial score (nSPS) is 19.7. The number of nitrogens with zero attached hydrogens (tertiary/aromatic N) is 1. The molecular weight excluding hydrogens is 274 g/mol. The maximum atomic E-state index is 10.8. The highest BCUT2D eigenvalue weighted by Gasteiger charge is 2.43. The van der Waals surface area contributed by atoms with Crippen LogP contribution in [-0.4, -0.2) is 11.2 Å². The van der Waals surface area contributed by atoms with E-state index < -0.39 is 5.54 Å². The van der Waals surface area contributed by atoms with Crippen LogP contribution in [0.1, 0.15) is 54.4 Å². The molecule has 1 aromatic rings. The number of halogens is 1. The van der Waals surface area contributed by atoms with Gasteiger partial charge in [0.2, 0.25) is 6.08 Å². The molecule has 1 N–H and O–H groups in total. The Morgan fingerprint density at radius 1 is 1.20 bits per heavy atom. The molecule has 0 spiro atoms. The standard InChI is InChI=1S/C16H18ClNO2/c1-10-11-5-2-3-6-12(11)14(17)15(20)13(10)16(18-9-19)7-4-8-16/h20H,2-8H2,1H3. The second-order valence-corrected chi connectivity index (χ2v) is 6.29. The van der Waals surface area contributed by atoms with Gasteiger partial charge in [0.25, 0.3) is 0 Å². The van der Waals surface area contributed by atoms with Crippen molar-refractivity contribution < 1.29 is 9.90 Å². The first-order valence-electron chi connectivity index (χ1n) is 7.23. The molecule has 0 aromatic heterocycles. The number of phenolic OH excluding ortho intramolecular Hbond substituents is 1. The Kier molecular flexibility index (Phi) is 3.35. The molecule has 2 aliphatic carbocycles. The minimum Gasteiger partial charge on any atom is -0.506 e. The Morgan fingerprint density at radius 2 is 1.85 bits per heavy atom. The fourth-order valence-corrected chi connectivity index (χ4v) is 4.03. The summed E-state index contributed by atoms with van der Waals surface area (Å²) in [7, 11) is 0. The third kappa shape index (κ3) is 1.81. The van der Waals surface area contributed by atoms with Gasteiger partial charge in [-0.2, -0.15) is 4.99 Å². The van der Waals surface area contributed by atoms with Gasteiger partial charge in [-0.3, -0.25) is 0 Å². The highest BCUT2D eigenvalue weighted by molar-refractivity contribution is 6.33. The molecule has 3 rings (SSSR count). The summed E-state index contributed by atoms with van der Waals surface area (Å²) in [5, 5.41) is 11.0. The van der Waals surface area contributed by atoms with Crippen molar-refractivity contribution in [3.05, 3.63) is 27.3 Å². The van der Waals surface area contributed by atoms with E-state index in [2.05, 4.69) is 4.99 Å². The lowest BCUT2D eigenvalue weighted by atomic mass is 9.69. The summed E-state index contributed by atoms with van der Waals surface area (Å²) >= 11 is 6.39. The van der Waals surface area contributed by atoms with Gasteiger partial charge in [0.15, 0.2) is 0 Å². The van der Waals surface area contributed by atoms with E-state index in [1.54, 1.807) is 6.08 Å². The van der Waals surface area contributed by atoms with Gasteiger partial charge in [0.05, 0.1) is 5.02 Å². The number of isocyanates is 1. The quantitative estimate of drug-likeness (QED) is 0.662. The third-order valence-electron chi connectivity index (χ3n) is 4.91. The zero-order valence-corrected chi connectivity index (χ0v) is 12.4. The number of hydrogen-bond donors (Lipinski definition) is 1. The van der Waals surface area contributed by atoms with Crippen molar-refractivity contribution >= 4 is 17.7 Å². The fourth-order valence-electron chi connectivity index (χ4n) is 3.73. The Bertz CT molecular complexity index is 614. The summed E-state index contributed by atoms with van der Waals surface area (Å²) in [4.78, 5) is 14.8. The van der Waals surface area contributed by atoms with Crippen LogP contribution in [0.25, 0.3) is 0 Å². The van der Waals surface area contributed by atoms with Gasteiger partial charge in [-0.25, -0.2) is 4.79 Å². The first-order valence-corrected chi connectivity index (χ1v) is 7.61. The summed E-state index contributed by atoms with van der Waals surface area (Å²) < 4.78 is 0. The number of aliphatic imine (C=N–C) groups is 1. The van der Waals surface area contributed by atoms with E-state index in [-0.39, 0.29) is 5.75 Å². The van der Waals surface area contributed by atoms with Crippen LogP contribution in [0.5, 0.6) is 5.75 Å². The molecule has 0 bridgehead atoms. The van der Waals surface area contributed by atoms with Crippen molar-refractivity contribution in [1.82, 2.24) is 0 Å². The molecule has 4 heteroatoms. The maximum absolute atomic E-state index is 10.8. The minimum atomic E-state index is -0.591. The summed E-state index contributed by atoms with van der Waals surface area (Å²) in [5.74, 6) is 0.128. The van der Waals surface area contributed by atoms with E-state index in [1.807, 2.05) is 6.92 Å². The number of carbonyl (C=O) groups excluding carboxylic acids is 1. The molecule has 0 atom stereocenters. The summed E-state index contributed by atoms with van der Waals surface area (Å²) in [6, 6.07) is 0. The summed E-state index contributed by atoms with van der Waals surface area (Å²) in [5.41, 5.74) is 3.58. The van der Waals surface area contributed by atoms with Crippen LogP contribution < -0.4 is 0 Å². The average Bonchev–Trinajstić information content (AvgIpc) is 2.42. The van der Waals surface area contributed by atoms with E-state index in [0.29, 0.717) is 5.02 Å². The summed E-state index contributed by atoms with van der Waals surface area (Å²) in [6.07, 6.45) is 8.45. The molecule has 20 heavy (non-hydrogen) atoms. The van der Waals surface area contributed by atoms with Crippen molar-refractivity contribution in [3.63, 3.8) is 0 Å². The monoisotopic (exact) mass is 291 g/mol. The van der Waals surface area contributed by atoms with Gasteiger partial charge in [-0.1, -0.05) is 11.6 Å². The highest BCUT2D eigenvalue weighted by Crippen LogP contribution is 2.53. The van der Waals surface area contributed by atoms with Crippen LogP contribution in [0.2, 0.25) is 5.02 Å². The van der Waals surface area contributed by atoms with Crippen LogP contribution in [-0.2, 0) is 23.2 Å². The van der Waals surface area contributed by atoms with E-state index >= 15 is 0 Å². The highest BCUT2D eigenvalue weighted by atomic mass is 35.5. The topological polar surface area (TPSA) is 49.7 Å².